The molecular formula is C20H23FN2O. The minimum atomic E-state index is -0.180. The molecule has 0 aromatic heterocycles. The number of fused-ring (bicyclic) bond motifs is 4. The molecule has 4 heteroatoms. The molecule has 126 valence electrons. The van der Waals surface area contributed by atoms with E-state index in [1.807, 2.05) is 12.1 Å². The number of rotatable bonds is 4. The van der Waals surface area contributed by atoms with Crippen LogP contribution in [0.4, 0.5) is 4.39 Å². The lowest BCUT2D eigenvalue weighted by atomic mass is 9.87. The summed E-state index contributed by atoms with van der Waals surface area (Å²) in [6.45, 7) is 4.20. The predicted octanol–water partition coefficient (Wildman–Crippen LogP) is 2.61. The largest absolute Gasteiger partial charge is 0.378 e. The van der Waals surface area contributed by atoms with E-state index >= 15 is 0 Å². The normalized spacial score (nSPS) is 27.1. The van der Waals surface area contributed by atoms with E-state index in [1.54, 1.807) is 12.1 Å². The molecule has 2 aromatic carbocycles. The van der Waals surface area contributed by atoms with E-state index in [2.05, 4.69) is 40.5 Å². The molecule has 3 aliphatic heterocycles. The van der Waals surface area contributed by atoms with Gasteiger partial charge in [-0.15, -0.1) is 0 Å². The first-order chi connectivity index (χ1) is 11.7. The second-order valence-corrected chi connectivity index (χ2v) is 6.99. The molecule has 3 saturated heterocycles. The molecule has 2 unspecified atom stereocenters. The first-order valence-corrected chi connectivity index (χ1v) is 8.58. The Morgan fingerprint density at radius 2 is 1.88 bits per heavy atom. The van der Waals surface area contributed by atoms with Gasteiger partial charge in [-0.25, -0.2) is 4.39 Å². The number of ether oxygens (including phenoxy) is 1. The zero-order valence-electron chi connectivity index (χ0n) is 13.7. The van der Waals surface area contributed by atoms with Gasteiger partial charge in [0.05, 0.1) is 18.8 Å². The van der Waals surface area contributed by atoms with E-state index in [-0.39, 0.29) is 11.4 Å². The summed E-state index contributed by atoms with van der Waals surface area (Å²) in [5, 5.41) is 3.64. The van der Waals surface area contributed by atoms with Crippen molar-refractivity contribution in [3.8, 4) is 0 Å². The molecule has 0 amide bonds. The van der Waals surface area contributed by atoms with Crippen LogP contribution in [0, 0.1) is 5.82 Å². The number of piperazine rings is 1. The molecule has 24 heavy (non-hydrogen) atoms. The molecule has 2 aromatic rings. The van der Waals surface area contributed by atoms with Crippen molar-refractivity contribution in [2.24, 2.45) is 0 Å². The maximum Gasteiger partial charge on any atom is 0.123 e. The average molecular weight is 326 g/mol. The maximum absolute atomic E-state index is 13.2. The van der Waals surface area contributed by atoms with Crippen LogP contribution in [0.1, 0.15) is 11.1 Å². The fraction of sp³-hybridized carbons (Fsp3) is 0.400. The molecule has 0 spiro atoms. The SMILES string of the molecule is Fc1ccc(CN2CC3COCC2(Cc2ccccc2)CN3)cc1. The smallest absolute Gasteiger partial charge is 0.123 e. The number of hydrogen-bond donors (Lipinski definition) is 1. The first kappa shape index (κ1) is 15.8. The molecule has 0 radical (unpaired) electrons. The summed E-state index contributed by atoms with van der Waals surface area (Å²) in [4.78, 5) is 2.53. The van der Waals surface area contributed by atoms with Crippen LogP contribution in [0.15, 0.2) is 54.6 Å². The van der Waals surface area contributed by atoms with Gasteiger partial charge in [-0.1, -0.05) is 42.5 Å². The van der Waals surface area contributed by atoms with Gasteiger partial charge in [-0.2, -0.15) is 0 Å². The summed E-state index contributed by atoms with van der Waals surface area (Å²) in [6, 6.07) is 17.8. The Labute approximate surface area is 142 Å². The summed E-state index contributed by atoms with van der Waals surface area (Å²) in [5.74, 6) is -0.180. The van der Waals surface area contributed by atoms with Crippen molar-refractivity contribution in [2.45, 2.75) is 24.5 Å². The number of nitrogens with one attached hydrogen (secondary N) is 1. The Morgan fingerprint density at radius 3 is 2.67 bits per heavy atom. The third kappa shape index (κ3) is 3.22. The lowest BCUT2D eigenvalue weighted by Gasteiger charge is -2.47. The van der Waals surface area contributed by atoms with Crippen molar-refractivity contribution in [2.75, 3.05) is 26.3 Å². The van der Waals surface area contributed by atoms with Gasteiger partial charge in [-0.3, -0.25) is 4.90 Å². The van der Waals surface area contributed by atoms with Gasteiger partial charge in [0.25, 0.3) is 0 Å². The molecular weight excluding hydrogens is 303 g/mol. The van der Waals surface area contributed by atoms with Gasteiger partial charge in [-0.05, 0) is 29.7 Å². The van der Waals surface area contributed by atoms with E-state index in [4.69, 9.17) is 4.74 Å². The van der Waals surface area contributed by atoms with Crippen LogP contribution in [-0.4, -0.2) is 42.8 Å². The Hall–Kier alpha value is -1.75. The van der Waals surface area contributed by atoms with Crippen molar-refractivity contribution in [3.05, 3.63) is 71.5 Å². The molecule has 2 bridgehead atoms. The van der Waals surface area contributed by atoms with Crippen molar-refractivity contribution in [1.82, 2.24) is 10.2 Å². The Morgan fingerprint density at radius 1 is 1.08 bits per heavy atom. The molecule has 0 aliphatic carbocycles. The van der Waals surface area contributed by atoms with E-state index in [1.165, 1.54) is 5.56 Å². The van der Waals surface area contributed by atoms with Crippen molar-refractivity contribution >= 4 is 0 Å². The van der Waals surface area contributed by atoms with Gasteiger partial charge in [0.2, 0.25) is 0 Å². The second-order valence-electron chi connectivity index (χ2n) is 6.99. The molecule has 3 nitrogen and oxygen atoms in total. The van der Waals surface area contributed by atoms with Crippen LogP contribution in [0.3, 0.4) is 0 Å². The Balaban J connectivity index is 1.60. The van der Waals surface area contributed by atoms with Gasteiger partial charge in [0, 0.05) is 25.7 Å². The predicted molar refractivity (Wildman–Crippen MR) is 92.3 cm³/mol. The third-order valence-corrected chi connectivity index (χ3v) is 5.18. The van der Waals surface area contributed by atoms with Gasteiger partial charge < -0.3 is 10.1 Å². The molecule has 3 fully saturated rings. The highest BCUT2D eigenvalue weighted by atomic mass is 19.1. The van der Waals surface area contributed by atoms with E-state index in [9.17, 15) is 4.39 Å². The fourth-order valence-corrected chi connectivity index (χ4v) is 3.86. The number of benzene rings is 2. The number of nitrogens with zero attached hydrogens (tertiary/aromatic N) is 1. The molecule has 5 rings (SSSR count). The number of halogens is 1. The summed E-state index contributed by atoms with van der Waals surface area (Å²) >= 11 is 0. The fourth-order valence-electron chi connectivity index (χ4n) is 3.86. The van der Waals surface area contributed by atoms with Crippen molar-refractivity contribution in [3.63, 3.8) is 0 Å². The topological polar surface area (TPSA) is 24.5 Å². The van der Waals surface area contributed by atoms with Crippen LogP contribution in [0.2, 0.25) is 0 Å². The van der Waals surface area contributed by atoms with E-state index in [0.29, 0.717) is 6.04 Å². The quantitative estimate of drug-likeness (QED) is 0.935. The first-order valence-electron chi connectivity index (χ1n) is 8.58. The molecule has 1 N–H and O–H groups in total. The second kappa shape index (κ2) is 6.63. The zero-order chi connectivity index (χ0) is 16.4. The Kier molecular flexibility index (Phi) is 4.35. The van der Waals surface area contributed by atoms with E-state index in [0.717, 1.165) is 44.8 Å². The van der Waals surface area contributed by atoms with Gasteiger partial charge in [0.15, 0.2) is 0 Å². The van der Waals surface area contributed by atoms with Crippen molar-refractivity contribution in [1.29, 1.82) is 0 Å². The van der Waals surface area contributed by atoms with Gasteiger partial charge in [0.1, 0.15) is 5.82 Å². The maximum atomic E-state index is 13.2. The van der Waals surface area contributed by atoms with E-state index < -0.39 is 0 Å². The van der Waals surface area contributed by atoms with Gasteiger partial charge >= 0.3 is 0 Å². The van der Waals surface area contributed by atoms with Crippen LogP contribution in [0.25, 0.3) is 0 Å². The molecule has 2 atom stereocenters. The highest BCUT2D eigenvalue weighted by Crippen LogP contribution is 2.29. The minimum absolute atomic E-state index is 0.0528. The van der Waals surface area contributed by atoms with Crippen LogP contribution < -0.4 is 5.32 Å². The minimum Gasteiger partial charge on any atom is -0.378 e. The van der Waals surface area contributed by atoms with Crippen LogP contribution in [-0.2, 0) is 17.7 Å². The lowest BCUT2D eigenvalue weighted by molar-refractivity contribution is 0.0183. The highest BCUT2D eigenvalue weighted by Gasteiger charge is 2.44. The van der Waals surface area contributed by atoms with Crippen molar-refractivity contribution < 1.29 is 9.13 Å². The summed E-state index contributed by atoms with van der Waals surface area (Å²) in [5.41, 5.74) is 2.42. The number of hydrogen-bond acceptors (Lipinski definition) is 3. The van der Waals surface area contributed by atoms with Crippen LogP contribution in [0.5, 0.6) is 0 Å². The monoisotopic (exact) mass is 326 g/mol. The summed E-state index contributed by atoms with van der Waals surface area (Å²) in [7, 11) is 0. The Bertz CT molecular complexity index is 672. The summed E-state index contributed by atoms with van der Waals surface area (Å²) in [6.07, 6.45) is 0.953. The lowest BCUT2D eigenvalue weighted by Crippen LogP contribution is -2.65. The molecule has 3 aliphatic rings. The summed E-state index contributed by atoms with van der Waals surface area (Å²) < 4.78 is 19.2. The zero-order valence-corrected chi connectivity index (χ0v) is 13.7. The molecule has 0 saturated carbocycles. The molecule has 3 heterocycles. The van der Waals surface area contributed by atoms with Crippen LogP contribution >= 0.6 is 0 Å². The third-order valence-electron chi connectivity index (χ3n) is 5.18. The highest BCUT2D eigenvalue weighted by molar-refractivity contribution is 5.22. The standard InChI is InChI=1S/C20H23FN2O/c21-18-8-6-17(7-9-18)11-23-12-19-13-24-15-20(23,14-22-19)10-16-4-2-1-3-5-16/h1-9,19,22H,10-15H2. The average Bonchev–Trinajstić information content (AvgIpc) is 2.89.